The van der Waals surface area contributed by atoms with Crippen molar-refractivity contribution in [3.05, 3.63) is 0 Å². The molecule has 0 heterocycles. The smallest absolute Gasteiger partial charge is 0.0962 e. The second-order valence-corrected chi connectivity index (χ2v) is 2.35. The van der Waals surface area contributed by atoms with Crippen molar-refractivity contribution in [3.63, 3.8) is 0 Å². The van der Waals surface area contributed by atoms with Crippen molar-refractivity contribution in [2.75, 3.05) is 0 Å². The minimum absolute atomic E-state index is 0.0312. The first-order chi connectivity index (χ1) is 5.93. The second-order valence-electron chi connectivity index (χ2n) is 2.35. The zero-order valence-corrected chi connectivity index (χ0v) is 6.30. The number of hydrogen-bond acceptors (Lipinski definition) is 7. The third kappa shape index (κ3) is 3.93. The Bertz CT molecular complexity index is 102. The van der Waals surface area contributed by atoms with Gasteiger partial charge in [-0.25, -0.2) is 10.1 Å². The van der Waals surface area contributed by atoms with Gasteiger partial charge in [0.2, 0.25) is 0 Å². The van der Waals surface area contributed by atoms with Gasteiger partial charge in [-0.3, -0.25) is 0 Å². The van der Waals surface area contributed by atoms with Gasteiger partial charge < -0.3 is 0 Å². The van der Waals surface area contributed by atoms with Crippen molar-refractivity contribution >= 4 is 0 Å². The molecule has 12 heavy (non-hydrogen) atoms. The van der Waals surface area contributed by atoms with Gasteiger partial charge >= 0.3 is 0 Å². The quantitative estimate of drug-likeness (QED) is 0.374. The summed E-state index contributed by atoms with van der Waals surface area (Å²) in [4.78, 5) is 4.69. The van der Waals surface area contributed by atoms with Gasteiger partial charge in [-0.15, -0.1) is 0 Å². The molecule has 1 aliphatic rings. The van der Waals surface area contributed by atoms with E-state index >= 15 is 0 Å². The van der Waals surface area contributed by atoms with E-state index in [0.717, 1.165) is 25.7 Å². The highest BCUT2D eigenvalue weighted by Crippen LogP contribution is 2.20. The van der Waals surface area contributed by atoms with E-state index in [4.69, 9.17) is 5.26 Å². The maximum absolute atomic E-state index is 7.55. The minimum Gasteiger partial charge on any atom is -0.219 e. The van der Waals surface area contributed by atoms with E-state index in [9.17, 15) is 0 Å². The minimum atomic E-state index is 0.0312. The summed E-state index contributed by atoms with van der Waals surface area (Å²) in [5.41, 5.74) is 0. The lowest BCUT2D eigenvalue weighted by Gasteiger charge is -2.05. The lowest BCUT2D eigenvalue weighted by Crippen LogP contribution is -2.09. The highest BCUT2D eigenvalue weighted by Gasteiger charge is 2.16. The Labute approximate surface area is 68.2 Å². The van der Waals surface area contributed by atoms with E-state index in [0.29, 0.717) is 0 Å². The van der Waals surface area contributed by atoms with Gasteiger partial charge in [0.15, 0.2) is 0 Å². The van der Waals surface area contributed by atoms with Crippen LogP contribution in [-0.2, 0) is 30.1 Å². The van der Waals surface area contributed by atoms with Crippen LogP contribution in [0.25, 0.3) is 0 Å². The molecule has 7 nitrogen and oxygen atoms in total. The fourth-order valence-corrected chi connectivity index (χ4v) is 1.09. The van der Waals surface area contributed by atoms with Crippen LogP contribution >= 0.6 is 0 Å². The first-order valence-corrected chi connectivity index (χ1v) is 3.57. The van der Waals surface area contributed by atoms with Crippen LogP contribution in [0.1, 0.15) is 25.7 Å². The summed E-state index contributed by atoms with van der Waals surface area (Å²) in [6.07, 6.45) is 4.13. The molecular weight excluding hydrogens is 172 g/mol. The third-order valence-electron chi connectivity index (χ3n) is 1.59. The highest BCUT2D eigenvalue weighted by molar-refractivity contribution is 4.64. The molecule has 1 aliphatic carbocycles. The van der Waals surface area contributed by atoms with Gasteiger partial charge in [0.1, 0.15) is 0 Å². The molecule has 72 valence electrons. The summed E-state index contributed by atoms with van der Waals surface area (Å²) in [5.74, 6) is 0. The van der Waals surface area contributed by atoms with Gasteiger partial charge in [-0.1, -0.05) is 12.8 Å². The second kappa shape index (κ2) is 6.26. The predicted octanol–water partition coefficient (Wildman–Crippen LogP) is 1.08. The monoisotopic (exact) mass is 182 g/mol. The maximum Gasteiger partial charge on any atom is 0.0962 e. The molecule has 0 aromatic carbocycles. The zero-order valence-electron chi connectivity index (χ0n) is 6.30. The van der Waals surface area contributed by atoms with Crippen LogP contribution in [0, 0.1) is 0 Å². The van der Waals surface area contributed by atoms with Gasteiger partial charge in [0, 0.05) is 0 Å². The average Bonchev–Trinajstić information content (AvgIpc) is 2.57. The first kappa shape index (κ1) is 9.81. The predicted molar refractivity (Wildman–Crippen MR) is 31.4 cm³/mol. The zero-order chi connectivity index (χ0) is 8.65. The van der Waals surface area contributed by atoms with Gasteiger partial charge in [-0.2, -0.15) is 0 Å². The van der Waals surface area contributed by atoms with E-state index < -0.39 is 0 Å². The summed E-state index contributed by atoms with van der Waals surface area (Å²) in [7, 11) is 0. The van der Waals surface area contributed by atoms with Crippen molar-refractivity contribution in [1.82, 2.24) is 0 Å². The molecule has 0 aliphatic heterocycles. The Kier molecular flexibility index (Phi) is 5.11. The van der Waals surface area contributed by atoms with E-state index in [1.54, 1.807) is 0 Å². The Morgan fingerprint density at radius 3 is 2.25 bits per heavy atom. The van der Waals surface area contributed by atoms with Crippen molar-refractivity contribution in [2.45, 2.75) is 31.8 Å². The van der Waals surface area contributed by atoms with Crippen LogP contribution in [0.4, 0.5) is 0 Å². The summed E-state index contributed by atoms with van der Waals surface area (Å²) in [6.45, 7) is 0. The Balaban J connectivity index is 1.81. The molecule has 0 amide bonds. The maximum atomic E-state index is 7.55. The SMILES string of the molecule is OOOOOOOC1CCCC1. The summed E-state index contributed by atoms with van der Waals surface area (Å²) < 4.78 is 0. The standard InChI is InChI=1S/C5H10O7/c6-8-10-12-11-9-7-5-3-1-2-4-5/h5-6H,1-4H2. The third-order valence-corrected chi connectivity index (χ3v) is 1.59. The van der Waals surface area contributed by atoms with Gasteiger partial charge in [0.25, 0.3) is 0 Å². The van der Waals surface area contributed by atoms with Crippen LogP contribution in [0.2, 0.25) is 0 Å². The van der Waals surface area contributed by atoms with Crippen LogP contribution in [0.5, 0.6) is 0 Å². The van der Waals surface area contributed by atoms with E-state index in [1.165, 1.54) is 0 Å². The first-order valence-electron chi connectivity index (χ1n) is 3.57. The van der Waals surface area contributed by atoms with E-state index in [-0.39, 0.29) is 6.10 Å². The van der Waals surface area contributed by atoms with Crippen molar-refractivity contribution in [3.8, 4) is 0 Å². The fourth-order valence-electron chi connectivity index (χ4n) is 1.09. The number of hydrogen-bond donors (Lipinski definition) is 1. The fraction of sp³-hybridized carbons (Fsp3) is 1.00. The van der Waals surface area contributed by atoms with Crippen LogP contribution in [-0.4, -0.2) is 11.4 Å². The summed E-state index contributed by atoms with van der Waals surface area (Å²) in [6, 6.07) is 0. The molecule has 0 bridgehead atoms. The van der Waals surface area contributed by atoms with Gasteiger partial charge in [0.05, 0.1) is 6.10 Å². The largest absolute Gasteiger partial charge is 0.219 e. The molecule has 0 unspecified atom stereocenters. The van der Waals surface area contributed by atoms with E-state index in [1.807, 2.05) is 0 Å². The normalized spacial score (nSPS) is 18.8. The topological polar surface area (TPSA) is 75.6 Å². The van der Waals surface area contributed by atoms with Crippen LogP contribution < -0.4 is 0 Å². The molecule has 0 radical (unpaired) electrons. The molecule has 1 fully saturated rings. The molecule has 1 saturated carbocycles. The van der Waals surface area contributed by atoms with Crippen molar-refractivity contribution in [1.29, 1.82) is 0 Å². The molecule has 7 heteroatoms. The summed E-state index contributed by atoms with van der Waals surface area (Å²) in [5, 5.41) is 25.5. The molecule has 0 spiro atoms. The van der Waals surface area contributed by atoms with Gasteiger partial charge in [-0.05, 0) is 38.0 Å². The van der Waals surface area contributed by atoms with Crippen LogP contribution in [0.3, 0.4) is 0 Å². The molecule has 0 aromatic rings. The van der Waals surface area contributed by atoms with Crippen molar-refractivity contribution in [2.24, 2.45) is 0 Å². The lowest BCUT2D eigenvalue weighted by molar-refractivity contribution is -0.789. The Morgan fingerprint density at radius 2 is 1.58 bits per heavy atom. The van der Waals surface area contributed by atoms with E-state index in [2.05, 4.69) is 30.1 Å². The van der Waals surface area contributed by atoms with Crippen LogP contribution in [0.15, 0.2) is 0 Å². The molecule has 0 aromatic heterocycles. The molecule has 1 N–H and O–H groups in total. The molecule has 1 rings (SSSR count). The highest BCUT2D eigenvalue weighted by atomic mass is 17.9. The Hall–Kier alpha value is -0.280. The number of rotatable bonds is 6. The average molecular weight is 182 g/mol. The van der Waals surface area contributed by atoms with Crippen molar-refractivity contribution < 1.29 is 35.3 Å². The lowest BCUT2D eigenvalue weighted by atomic mass is 10.3. The molecular formula is C5H10O7. The summed E-state index contributed by atoms with van der Waals surface area (Å²) >= 11 is 0. The Morgan fingerprint density at radius 1 is 0.917 bits per heavy atom. The molecule has 0 saturated heterocycles. The molecule has 0 atom stereocenters.